The normalized spacial score (nSPS) is 13.5. The Labute approximate surface area is 143 Å². The van der Waals surface area contributed by atoms with Crippen molar-refractivity contribution in [3.05, 3.63) is 65.2 Å². The van der Waals surface area contributed by atoms with E-state index in [0.717, 1.165) is 31.8 Å². The number of ether oxygens (including phenoxy) is 1. The van der Waals surface area contributed by atoms with Crippen molar-refractivity contribution in [3.8, 4) is 5.75 Å². The summed E-state index contributed by atoms with van der Waals surface area (Å²) in [6.07, 6.45) is 1.50. The fraction of sp³-hybridized carbons (Fsp3) is 0.350. The molecule has 2 aromatic carbocycles. The summed E-state index contributed by atoms with van der Waals surface area (Å²) >= 11 is 0. The minimum absolute atomic E-state index is 0.228. The summed E-state index contributed by atoms with van der Waals surface area (Å²) in [5, 5.41) is 3.34. The largest absolute Gasteiger partial charge is 0.497 e. The van der Waals surface area contributed by atoms with Gasteiger partial charge in [-0.2, -0.15) is 0 Å². The van der Waals surface area contributed by atoms with Gasteiger partial charge in [-0.05, 0) is 35.2 Å². The maximum absolute atomic E-state index is 12.4. The van der Waals surface area contributed by atoms with Crippen molar-refractivity contribution in [2.45, 2.75) is 25.9 Å². The smallest absolute Gasteiger partial charge is 0.224 e. The molecule has 0 unspecified atom stereocenters. The first-order valence-corrected chi connectivity index (χ1v) is 8.44. The van der Waals surface area contributed by atoms with Gasteiger partial charge in [0, 0.05) is 32.6 Å². The molecule has 0 saturated carbocycles. The highest BCUT2D eigenvalue weighted by Gasteiger charge is 2.19. The molecule has 0 radical (unpaired) electrons. The second-order valence-electron chi connectivity index (χ2n) is 6.11. The lowest BCUT2D eigenvalue weighted by Gasteiger charge is -2.29. The molecule has 1 aliphatic rings. The van der Waals surface area contributed by atoms with E-state index in [1.807, 2.05) is 35.2 Å². The fourth-order valence-corrected chi connectivity index (χ4v) is 3.04. The topological polar surface area (TPSA) is 41.6 Å². The Bertz CT molecular complexity index is 682. The number of carbonyl (C=O) groups excluding carboxylic acids is 1. The van der Waals surface area contributed by atoms with Crippen LogP contribution in [0.5, 0.6) is 5.75 Å². The van der Waals surface area contributed by atoms with Crippen LogP contribution in [-0.2, 0) is 24.3 Å². The van der Waals surface area contributed by atoms with Crippen molar-refractivity contribution in [1.29, 1.82) is 0 Å². The SMILES string of the molecule is COc1ccc(CNCCC(=O)N2CCc3ccccc3C2)cc1. The van der Waals surface area contributed by atoms with Gasteiger partial charge in [0.15, 0.2) is 0 Å². The molecule has 0 fully saturated rings. The van der Waals surface area contributed by atoms with Crippen molar-refractivity contribution in [3.63, 3.8) is 0 Å². The second-order valence-corrected chi connectivity index (χ2v) is 6.11. The van der Waals surface area contributed by atoms with Crippen LogP contribution < -0.4 is 10.1 Å². The van der Waals surface area contributed by atoms with E-state index in [9.17, 15) is 4.79 Å². The lowest BCUT2D eigenvalue weighted by Crippen LogP contribution is -2.37. The van der Waals surface area contributed by atoms with Crippen LogP contribution in [0.3, 0.4) is 0 Å². The number of methoxy groups -OCH3 is 1. The third-order valence-electron chi connectivity index (χ3n) is 4.49. The van der Waals surface area contributed by atoms with E-state index in [-0.39, 0.29) is 5.91 Å². The highest BCUT2D eigenvalue weighted by atomic mass is 16.5. The zero-order valence-electron chi connectivity index (χ0n) is 14.1. The number of amides is 1. The average Bonchev–Trinajstić information content (AvgIpc) is 2.65. The number of benzene rings is 2. The molecule has 24 heavy (non-hydrogen) atoms. The monoisotopic (exact) mass is 324 g/mol. The van der Waals surface area contributed by atoms with Crippen LogP contribution in [0, 0.1) is 0 Å². The van der Waals surface area contributed by atoms with Gasteiger partial charge in [0.2, 0.25) is 5.91 Å². The minimum Gasteiger partial charge on any atom is -0.497 e. The van der Waals surface area contributed by atoms with Crippen LogP contribution in [0.25, 0.3) is 0 Å². The zero-order valence-corrected chi connectivity index (χ0v) is 14.1. The van der Waals surface area contributed by atoms with Crippen molar-refractivity contribution in [2.75, 3.05) is 20.2 Å². The van der Waals surface area contributed by atoms with E-state index in [1.165, 1.54) is 16.7 Å². The third kappa shape index (κ3) is 4.15. The predicted octanol–water partition coefficient (Wildman–Crippen LogP) is 2.76. The second kappa shape index (κ2) is 7.97. The first-order valence-electron chi connectivity index (χ1n) is 8.44. The first-order chi connectivity index (χ1) is 11.8. The Morgan fingerprint density at radius 3 is 2.62 bits per heavy atom. The number of rotatable bonds is 6. The van der Waals surface area contributed by atoms with Crippen molar-refractivity contribution < 1.29 is 9.53 Å². The first kappa shape index (κ1) is 16.5. The van der Waals surface area contributed by atoms with E-state index in [0.29, 0.717) is 13.0 Å². The van der Waals surface area contributed by atoms with Gasteiger partial charge in [0.05, 0.1) is 7.11 Å². The lowest BCUT2D eigenvalue weighted by atomic mass is 10.00. The maximum Gasteiger partial charge on any atom is 0.224 e. The van der Waals surface area contributed by atoms with Gasteiger partial charge in [0.1, 0.15) is 5.75 Å². The lowest BCUT2D eigenvalue weighted by molar-refractivity contribution is -0.132. The number of carbonyl (C=O) groups is 1. The van der Waals surface area contributed by atoms with Crippen LogP contribution >= 0.6 is 0 Å². The molecule has 1 N–H and O–H groups in total. The Morgan fingerprint density at radius 2 is 1.88 bits per heavy atom. The summed E-state index contributed by atoms with van der Waals surface area (Å²) in [5.74, 6) is 1.09. The molecule has 0 spiro atoms. The summed E-state index contributed by atoms with van der Waals surface area (Å²) in [6, 6.07) is 16.4. The summed E-state index contributed by atoms with van der Waals surface area (Å²) in [6.45, 7) is 3.03. The van der Waals surface area contributed by atoms with Gasteiger partial charge in [-0.15, -0.1) is 0 Å². The molecule has 4 nitrogen and oxygen atoms in total. The number of hydrogen-bond acceptors (Lipinski definition) is 3. The molecule has 2 aromatic rings. The minimum atomic E-state index is 0.228. The molecule has 1 amide bonds. The summed E-state index contributed by atoms with van der Waals surface area (Å²) < 4.78 is 5.15. The van der Waals surface area contributed by atoms with Crippen LogP contribution in [0.15, 0.2) is 48.5 Å². The molecule has 0 aliphatic carbocycles. The quantitative estimate of drug-likeness (QED) is 0.831. The van der Waals surface area contributed by atoms with Gasteiger partial charge >= 0.3 is 0 Å². The fourth-order valence-electron chi connectivity index (χ4n) is 3.04. The molecular weight excluding hydrogens is 300 g/mol. The summed E-state index contributed by atoms with van der Waals surface area (Å²) in [5.41, 5.74) is 3.85. The molecule has 3 rings (SSSR count). The Morgan fingerprint density at radius 1 is 1.12 bits per heavy atom. The van der Waals surface area contributed by atoms with Gasteiger partial charge in [-0.1, -0.05) is 36.4 Å². The van der Waals surface area contributed by atoms with Crippen molar-refractivity contribution >= 4 is 5.91 Å². The average molecular weight is 324 g/mol. The molecule has 1 aliphatic heterocycles. The van der Waals surface area contributed by atoms with E-state index in [4.69, 9.17) is 4.74 Å². The molecule has 0 bridgehead atoms. The van der Waals surface area contributed by atoms with Crippen molar-refractivity contribution in [1.82, 2.24) is 10.2 Å². The molecule has 0 aromatic heterocycles. The van der Waals surface area contributed by atoms with Crippen LogP contribution in [-0.4, -0.2) is 31.0 Å². The summed E-state index contributed by atoms with van der Waals surface area (Å²) in [4.78, 5) is 14.3. The van der Waals surface area contributed by atoms with Gasteiger partial charge in [-0.25, -0.2) is 0 Å². The number of fused-ring (bicyclic) bond motifs is 1. The van der Waals surface area contributed by atoms with Gasteiger partial charge in [-0.3, -0.25) is 4.79 Å². The molecule has 1 heterocycles. The van der Waals surface area contributed by atoms with Crippen LogP contribution in [0.2, 0.25) is 0 Å². The molecule has 4 heteroatoms. The van der Waals surface area contributed by atoms with Crippen LogP contribution in [0.4, 0.5) is 0 Å². The van der Waals surface area contributed by atoms with E-state index in [2.05, 4.69) is 23.5 Å². The maximum atomic E-state index is 12.4. The Balaban J connectivity index is 1.41. The zero-order chi connectivity index (χ0) is 16.8. The highest BCUT2D eigenvalue weighted by Crippen LogP contribution is 2.18. The Kier molecular flexibility index (Phi) is 5.49. The van der Waals surface area contributed by atoms with Crippen molar-refractivity contribution in [2.24, 2.45) is 0 Å². The molecule has 0 atom stereocenters. The Hall–Kier alpha value is -2.33. The highest BCUT2D eigenvalue weighted by molar-refractivity contribution is 5.76. The third-order valence-corrected chi connectivity index (χ3v) is 4.49. The van der Waals surface area contributed by atoms with E-state index < -0.39 is 0 Å². The van der Waals surface area contributed by atoms with Gasteiger partial charge in [0.25, 0.3) is 0 Å². The molecular formula is C20H24N2O2. The van der Waals surface area contributed by atoms with E-state index >= 15 is 0 Å². The number of nitrogens with zero attached hydrogens (tertiary/aromatic N) is 1. The molecule has 126 valence electrons. The van der Waals surface area contributed by atoms with E-state index in [1.54, 1.807) is 7.11 Å². The van der Waals surface area contributed by atoms with Crippen LogP contribution in [0.1, 0.15) is 23.1 Å². The number of nitrogens with one attached hydrogen (secondary N) is 1. The van der Waals surface area contributed by atoms with Gasteiger partial charge < -0.3 is 15.0 Å². The predicted molar refractivity (Wildman–Crippen MR) is 94.9 cm³/mol. The summed E-state index contributed by atoms with van der Waals surface area (Å²) in [7, 11) is 1.66. The molecule has 0 saturated heterocycles. The number of hydrogen-bond donors (Lipinski definition) is 1. The standard InChI is InChI=1S/C20H24N2O2/c1-24-19-8-6-16(7-9-19)14-21-12-10-20(23)22-13-11-17-4-2-3-5-18(17)15-22/h2-9,21H,10-15H2,1H3.